The maximum absolute atomic E-state index is 14.6. The lowest BCUT2D eigenvalue weighted by Gasteiger charge is -2.32. The number of nitriles is 1. The van der Waals surface area contributed by atoms with E-state index in [2.05, 4.69) is 47.0 Å². The molecule has 1 aliphatic rings. The zero-order valence-electron chi connectivity index (χ0n) is 36.4. The van der Waals surface area contributed by atoms with Crippen molar-refractivity contribution in [3.8, 4) is 40.0 Å². The first-order chi connectivity index (χ1) is 29.9. The van der Waals surface area contributed by atoms with Crippen molar-refractivity contribution in [3.63, 3.8) is 0 Å². The van der Waals surface area contributed by atoms with E-state index in [-0.39, 0.29) is 72.6 Å². The first-order valence-corrected chi connectivity index (χ1v) is 20.6. The molecule has 11 N–H and O–H groups in total. The maximum atomic E-state index is 14.6. The monoisotopic (exact) mass is 860 g/mol. The number of nitrogens with one attached hydrogen (secondary N) is 4. The Hall–Kier alpha value is -7.03. The predicted octanol–water partition coefficient (Wildman–Crippen LogP) is 2.48. The van der Waals surface area contributed by atoms with Crippen molar-refractivity contribution in [2.75, 3.05) is 39.0 Å². The Morgan fingerprint density at radius 3 is 2.35 bits per heavy atom. The Morgan fingerprint density at radius 2 is 1.71 bits per heavy atom. The van der Waals surface area contributed by atoms with Gasteiger partial charge in [0, 0.05) is 42.4 Å². The number of aromatic hydroxyl groups is 1. The van der Waals surface area contributed by atoms with E-state index in [9.17, 15) is 29.1 Å². The molecule has 4 aromatic rings. The lowest BCUT2D eigenvalue weighted by Crippen LogP contribution is -2.56. The van der Waals surface area contributed by atoms with Gasteiger partial charge in [-0.25, -0.2) is 0 Å². The molecule has 17 heteroatoms. The topological polar surface area (TPSA) is 281 Å². The Balaban J connectivity index is 1.53. The Morgan fingerprint density at radius 1 is 1.00 bits per heavy atom. The molecular weight excluding hydrogens is 805 g/mol. The highest BCUT2D eigenvalue weighted by molar-refractivity contribution is 6.03. The molecule has 2 heterocycles. The largest absolute Gasteiger partial charge is 0.507 e. The number of aromatic nitrogens is 1. The van der Waals surface area contributed by atoms with Gasteiger partial charge in [-0.15, -0.1) is 0 Å². The standard InChI is InChI=1S/C46H56N10O7/c1-25-39(33(50)24-35(52-25)28-8-11-30(12-9-28)46(3,4)5)43(60)54-34(15-16-47)45(62)56(6)40-29-10-14-38(63-20-18-49)32(23-29)31-21-27(7-13-37(31)57)22-36(42(59)51-19-17-48)55-41(58)26(2)53-44(40)61/h7-14,21,23-24,26,34,36,40,57H,15-16,18-20,22,47,49H2,1-6H3,(H2,50,52)(H,51,59)(H,53,61)(H,54,60)(H,55,58). The van der Waals surface area contributed by atoms with E-state index >= 15 is 0 Å². The number of phenolic OH excluding ortho intramolecular Hbond substituents is 1. The van der Waals surface area contributed by atoms with Gasteiger partial charge in [0.15, 0.2) is 0 Å². The quantitative estimate of drug-likeness (QED) is 0.0955. The summed E-state index contributed by atoms with van der Waals surface area (Å²) in [6.45, 7) is 9.35. The highest BCUT2D eigenvalue weighted by Crippen LogP contribution is 2.39. The van der Waals surface area contributed by atoms with Crippen molar-refractivity contribution in [1.82, 2.24) is 31.2 Å². The Labute approximate surface area is 366 Å². The average molecular weight is 861 g/mol. The maximum Gasteiger partial charge on any atom is 0.255 e. The molecule has 5 rings (SSSR count). The van der Waals surface area contributed by atoms with E-state index < -0.39 is 53.7 Å². The molecule has 0 aliphatic carbocycles. The van der Waals surface area contributed by atoms with Gasteiger partial charge in [-0.05, 0) is 79.3 Å². The first-order valence-electron chi connectivity index (χ1n) is 20.6. The molecule has 4 unspecified atom stereocenters. The van der Waals surface area contributed by atoms with Crippen LogP contribution in [0.5, 0.6) is 11.5 Å². The second-order valence-electron chi connectivity index (χ2n) is 16.5. The van der Waals surface area contributed by atoms with Crippen LogP contribution >= 0.6 is 0 Å². The molecule has 5 amide bonds. The van der Waals surface area contributed by atoms with Crippen LogP contribution in [0.2, 0.25) is 0 Å². The summed E-state index contributed by atoms with van der Waals surface area (Å²) < 4.78 is 5.97. The molecule has 17 nitrogen and oxygen atoms in total. The van der Waals surface area contributed by atoms with Crippen molar-refractivity contribution in [3.05, 3.63) is 94.7 Å². The van der Waals surface area contributed by atoms with Crippen LogP contribution in [-0.2, 0) is 31.0 Å². The van der Waals surface area contributed by atoms with Crippen molar-refractivity contribution in [1.29, 1.82) is 5.26 Å². The number of aryl methyl sites for hydroxylation is 1. The van der Waals surface area contributed by atoms with Gasteiger partial charge in [-0.2, -0.15) is 5.26 Å². The van der Waals surface area contributed by atoms with Crippen LogP contribution in [0.3, 0.4) is 0 Å². The van der Waals surface area contributed by atoms with Gasteiger partial charge in [0.05, 0.1) is 23.0 Å². The van der Waals surface area contributed by atoms with E-state index in [1.165, 1.54) is 20.0 Å². The summed E-state index contributed by atoms with van der Waals surface area (Å²) in [7, 11) is 1.38. The normalized spacial score (nSPS) is 16.9. The number of nitrogens with zero attached hydrogens (tertiary/aromatic N) is 3. The number of carbonyl (C=O) groups excluding carboxylic acids is 5. The molecular formula is C46H56N10O7. The molecule has 0 fully saturated rings. The van der Waals surface area contributed by atoms with Gasteiger partial charge in [0.2, 0.25) is 23.6 Å². The zero-order valence-corrected chi connectivity index (χ0v) is 36.4. The fourth-order valence-corrected chi connectivity index (χ4v) is 7.36. The second kappa shape index (κ2) is 20.2. The highest BCUT2D eigenvalue weighted by Gasteiger charge is 2.36. The van der Waals surface area contributed by atoms with Crippen LogP contribution in [0, 0.1) is 18.3 Å². The molecule has 1 aliphatic heterocycles. The number of nitrogens with two attached hydrogens (primary N) is 3. The fraction of sp³-hybridized carbons (Fsp3) is 0.370. The number of phenols is 1. The van der Waals surface area contributed by atoms with Crippen LogP contribution in [-0.4, -0.2) is 95.9 Å². The molecule has 1 aromatic heterocycles. The van der Waals surface area contributed by atoms with Gasteiger partial charge in [0.25, 0.3) is 5.91 Å². The summed E-state index contributed by atoms with van der Waals surface area (Å²) in [5.74, 6) is -3.41. The number of likely N-dealkylation sites (N-methyl/N-ethyl adjacent to an activating group) is 1. The number of ether oxygens (including phenoxy) is 1. The minimum Gasteiger partial charge on any atom is -0.507 e. The van der Waals surface area contributed by atoms with Crippen LogP contribution in [0.1, 0.15) is 72.9 Å². The van der Waals surface area contributed by atoms with Crippen LogP contribution in [0.15, 0.2) is 66.7 Å². The number of amides is 5. The predicted molar refractivity (Wildman–Crippen MR) is 238 cm³/mol. The molecule has 4 bridgehead atoms. The number of fused-ring (bicyclic) bond motifs is 5. The summed E-state index contributed by atoms with van der Waals surface area (Å²) in [5, 5.41) is 30.8. The van der Waals surface area contributed by atoms with Gasteiger partial charge in [0.1, 0.15) is 48.8 Å². The van der Waals surface area contributed by atoms with Crippen molar-refractivity contribution in [2.45, 2.75) is 77.0 Å². The number of anilines is 1. The molecule has 0 saturated heterocycles. The van der Waals surface area contributed by atoms with E-state index in [1.807, 2.05) is 30.3 Å². The van der Waals surface area contributed by atoms with Crippen molar-refractivity contribution >= 4 is 35.2 Å². The molecule has 3 aromatic carbocycles. The molecule has 63 heavy (non-hydrogen) atoms. The van der Waals surface area contributed by atoms with E-state index in [0.717, 1.165) is 16.0 Å². The number of carbonyl (C=O) groups is 5. The Kier molecular flexibility index (Phi) is 15.1. The summed E-state index contributed by atoms with van der Waals surface area (Å²) in [6.07, 6.45) is -0.0692. The molecule has 0 saturated carbocycles. The fourth-order valence-electron chi connectivity index (χ4n) is 7.36. The number of hydrogen-bond donors (Lipinski definition) is 8. The number of pyridine rings is 1. The number of rotatable bonds is 12. The van der Waals surface area contributed by atoms with Gasteiger partial charge >= 0.3 is 0 Å². The third-order valence-corrected chi connectivity index (χ3v) is 10.8. The minimum absolute atomic E-state index is 0.0230. The molecule has 0 radical (unpaired) electrons. The third-order valence-electron chi connectivity index (χ3n) is 10.8. The summed E-state index contributed by atoms with van der Waals surface area (Å²) in [6, 6.07) is 15.6. The number of nitrogen functional groups attached to an aromatic ring is 1. The zero-order chi connectivity index (χ0) is 46.2. The summed E-state index contributed by atoms with van der Waals surface area (Å²) in [5.41, 5.74) is 22.6. The average Bonchev–Trinajstić information content (AvgIpc) is 3.24. The van der Waals surface area contributed by atoms with E-state index in [0.29, 0.717) is 28.3 Å². The first kappa shape index (κ1) is 47.0. The van der Waals surface area contributed by atoms with Gasteiger partial charge in [-0.1, -0.05) is 57.2 Å². The lowest BCUT2D eigenvalue weighted by molar-refractivity contribution is -0.141. The van der Waals surface area contributed by atoms with Crippen LogP contribution < -0.4 is 43.2 Å². The number of benzene rings is 3. The van der Waals surface area contributed by atoms with Crippen molar-refractivity contribution in [2.24, 2.45) is 11.5 Å². The molecule has 0 spiro atoms. The van der Waals surface area contributed by atoms with Crippen LogP contribution in [0.25, 0.3) is 22.4 Å². The SMILES string of the molecule is Cc1nc(-c2ccc(C(C)(C)C)cc2)cc(N)c1C(=O)NC(CCN)C(=O)N(C)C1C(=O)NC(C)C(=O)NC(C(=O)NCC#N)Cc2ccc(O)c(c2)-c2cc1ccc2OCCN. The minimum atomic E-state index is -1.44. The smallest absolute Gasteiger partial charge is 0.255 e. The van der Waals surface area contributed by atoms with Gasteiger partial charge in [-0.3, -0.25) is 29.0 Å². The molecule has 332 valence electrons. The van der Waals surface area contributed by atoms with E-state index in [1.54, 1.807) is 43.3 Å². The lowest BCUT2D eigenvalue weighted by atomic mass is 9.86. The van der Waals surface area contributed by atoms with Gasteiger partial charge < -0.3 is 53.2 Å². The summed E-state index contributed by atoms with van der Waals surface area (Å²) >= 11 is 0. The Bertz CT molecular complexity index is 2380. The highest BCUT2D eigenvalue weighted by atomic mass is 16.5. The molecule has 4 atom stereocenters. The number of hydrogen-bond acceptors (Lipinski definition) is 12. The van der Waals surface area contributed by atoms with Crippen molar-refractivity contribution < 1.29 is 33.8 Å². The second-order valence-corrected chi connectivity index (χ2v) is 16.5. The third kappa shape index (κ3) is 11.1. The summed E-state index contributed by atoms with van der Waals surface area (Å²) in [4.78, 5) is 75.6. The van der Waals surface area contributed by atoms with Crippen LogP contribution in [0.4, 0.5) is 5.69 Å². The van der Waals surface area contributed by atoms with E-state index in [4.69, 9.17) is 27.2 Å².